The third-order valence-electron chi connectivity index (χ3n) is 2.87. The van der Waals surface area contributed by atoms with Gasteiger partial charge in [-0.05, 0) is 31.8 Å². The van der Waals surface area contributed by atoms with Gasteiger partial charge in [0.2, 0.25) is 0 Å². The smallest absolute Gasteiger partial charge is 0.125 e. The van der Waals surface area contributed by atoms with Gasteiger partial charge in [0.15, 0.2) is 0 Å². The summed E-state index contributed by atoms with van der Waals surface area (Å²) >= 11 is 0. The molecule has 1 unspecified atom stereocenters. The molecule has 1 N–H and O–H groups in total. The number of furan rings is 1. The van der Waals surface area contributed by atoms with Crippen molar-refractivity contribution in [3.05, 3.63) is 60.1 Å². The van der Waals surface area contributed by atoms with Crippen LogP contribution in [-0.4, -0.2) is 32.1 Å². The minimum Gasteiger partial charge on any atom is -0.467 e. The van der Waals surface area contributed by atoms with E-state index in [9.17, 15) is 0 Å². The summed E-state index contributed by atoms with van der Waals surface area (Å²) in [5, 5.41) is 3.53. The molecular weight excluding hydrogens is 224 g/mol. The second-order valence-corrected chi connectivity index (χ2v) is 4.62. The molecule has 0 aliphatic heterocycles. The Morgan fingerprint density at radius 1 is 1.11 bits per heavy atom. The maximum absolute atomic E-state index is 5.53. The third kappa shape index (κ3) is 3.45. The van der Waals surface area contributed by atoms with Crippen molar-refractivity contribution in [3.63, 3.8) is 0 Å². The highest BCUT2D eigenvalue weighted by Gasteiger charge is 2.15. The van der Waals surface area contributed by atoms with E-state index in [2.05, 4.69) is 48.6 Å². The van der Waals surface area contributed by atoms with Crippen LogP contribution >= 0.6 is 0 Å². The van der Waals surface area contributed by atoms with Gasteiger partial charge in [-0.3, -0.25) is 0 Å². The van der Waals surface area contributed by atoms with Crippen molar-refractivity contribution >= 4 is 0 Å². The van der Waals surface area contributed by atoms with Crippen LogP contribution in [0.4, 0.5) is 0 Å². The minimum atomic E-state index is 0.126. The minimum absolute atomic E-state index is 0.126. The first-order valence-corrected chi connectivity index (χ1v) is 6.24. The van der Waals surface area contributed by atoms with E-state index in [0.29, 0.717) is 0 Å². The van der Waals surface area contributed by atoms with Gasteiger partial charge >= 0.3 is 0 Å². The zero-order valence-electron chi connectivity index (χ0n) is 11.0. The van der Waals surface area contributed by atoms with Gasteiger partial charge in [0.05, 0.1) is 12.3 Å². The van der Waals surface area contributed by atoms with Crippen molar-refractivity contribution in [2.45, 2.75) is 6.04 Å². The Hall–Kier alpha value is -1.58. The average Bonchev–Trinajstić information content (AvgIpc) is 2.89. The molecule has 1 aromatic carbocycles. The first-order chi connectivity index (χ1) is 8.77. The maximum Gasteiger partial charge on any atom is 0.125 e. The molecule has 1 aromatic heterocycles. The number of hydrogen-bond donors (Lipinski definition) is 1. The first-order valence-electron chi connectivity index (χ1n) is 6.24. The molecule has 2 rings (SSSR count). The Morgan fingerprint density at radius 2 is 1.89 bits per heavy atom. The van der Waals surface area contributed by atoms with E-state index in [-0.39, 0.29) is 6.04 Å². The molecule has 0 bridgehead atoms. The predicted molar refractivity (Wildman–Crippen MR) is 73.5 cm³/mol. The molecule has 0 saturated heterocycles. The van der Waals surface area contributed by atoms with Crippen molar-refractivity contribution in [2.24, 2.45) is 0 Å². The van der Waals surface area contributed by atoms with Crippen molar-refractivity contribution in [3.8, 4) is 0 Å². The van der Waals surface area contributed by atoms with E-state index >= 15 is 0 Å². The van der Waals surface area contributed by atoms with Gasteiger partial charge in [0.1, 0.15) is 5.76 Å². The molecule has 1 heterocycles. The van der Waals surface area contributed by atoms with Crippen LogP contribution in [0.5, 0.6) is 0 Å². The van der Waals surface area contributed by atoms with Gasteiger partial charge in [-0.1, -0.05) is 30.3 Å². The SMILES string of the molecule is CN(C)CCNC(c1ccccc1)c1ccco1. The quantitative estimate of drug-likeness (QED) is 0.846. The maximum atomic E-state index is 5.53. The van der Waals surface area contributed by atoms with Gasteiger partial charge in [-0.25, -0.2) is 0 Å². The normalized spacial score (nSPS) is 12.8. The number of hydrogen-bond acceptors (Lipinski definition) is 3. The predicted octanol–water partition coefficient (Wildman–Crippen LogP) is 2.52. The molecule has 2 aromatic rings. The van der Waals surface area contributed by atoms with E-state index in [4.69, 9.17) is 4.42 Å². The summed E-state index contributed by atoms with van der Waals surface area (Å²) < 4.78 is 5.53. The summed E-state index contributed by atoms with van der Waals surface area (Å²) in [6.45, 7) is 1.93. The van der Waals surface area contributed by atoms with Crippen LogP contribution in [0.25, 0.3) is 0 Å². The number of nitrogens with zero attached hydrogens (tertiary/aromatic N) is 1. The van der Waals surface area contributed by atoms with Gasteiger partial charge in [-0.2, -0.15) is 0 Å². The fourth-order valence-electron chi connectivity index (χ4n) is 1.92. The summed E-state index contributed by atoms with van der Waals surface area (Å²) in [5.74, 6) is 0.958. The van der Waals surface area contributed by atoms with Gasteiger partial charge in [0.25, 0.3) is 0 Å². The molecule has 0 spiro atoms. The van der Waals surface area contributed by atoms with Crippen molar-refractivity contribution in [1.29, 1.82) is 0 Å². The van der Waals surface area contributed by atoms with Crippen LogP contribution in [0.2, 0.25) is 0 Å². The van der Waals surface area contributed by atoms with E-state index in [1.807, 2.05) is 18.2 Å². The number of nitrogens with one attached hydrogen (secondary N) is 1. The lowest BCUT2D eigenvalue weighted by Gasteiger charge is -2.18. The fourth-order valence-corrected chi connectivity index (χ4v) is 1.92. The van der Waals surface area contributed by atoms with E-state index < -0.39 is 0 Å². The number of rotatable bonds is 6. The molecule has 18 heavy (non-hydrogen) atoms. The first kappa shape index (κ1) is 12.9. The summed E-state index contributed by atoms with van der Waals surface area (Å²) in [5.41, 5.74) is 1.23. The topological polar surface area (TPSA) is 28.4 Å². The summed E-state index contributed by atoms with van der Waals surface area (Å²) in [6.07, 6.45) is 1.72. The van der Waals surface area contributed by atoms with Crippen molar-refractivity contribution in [1.82, 2.24) is 10.2 Å². The molecule has 0 radical (unpaired) electrons. The molecule has 96 valence electrons. The highest BCUT2D eigenvalue weighted by molar-refractivity contribution is 5.26. The van der Waals surface area contributed by atoms with E-state index in [1.54, 1.807) is 6.26 Å². The summed E-state index contributed by atoms with van der Waals surface area (Å²) in [7, 11) is 4.15. The Labute approximate surface area is 108 Å². The lowest BCUT2D eigenvalue weighted by molar-refractivity contribution is 0.378. The van der Waals surface area contributed by atoms with E-state index in [0.717, 1.165) is 18.8 Å². The van der Waals surface area contributed by atoms with Crippen molar-refractivity contribution < 1.29 is 4.42 Å². The highest BCUT2D eigenvalue weighted by atomic mass is 16.3. The van der Waals surface area contributed by atoms with Crippen LogP contribution in [0, 0.1) is 0 Å². The lowest BCUT2D eigenvalue weighted by Crippen LogP contribution is -2.30. The molecule has 0 fully saturated rings. The lowest BCUT2D eigenvalue weighted by atomic mass is 10.0. The summed E-state index contributed by atoms with van der Waals surface area (Å²) in [4.78, 5) is 2.16. The monoisotopic (exact) mass is 244 g/mol. The largest absolute Gasteiger partial charge is 0.467 e. The van der Waals surface area contributed by atoms with Crippen molar-refractivity contribution in [2.75, 3.05) is 27.2 Å². The standard InChI is InChI=1S/C15H20N2O/c1-17(2)11-10-16-15(14-9-6-12-18-14)13-7-4-3-5-8-13/h3-9,12,15-16H,10-11H2,1-2H3. The Morgan fingerprint density at radius 3 is 2.50 bits per heavy atom. The Kier molecular flexibility index (Phi) is 4.56. The van der Waals surface area contributed by atoms with Gasteiger partial charge in [-0.15, -0.1) is 0 Å². The van der Waals surface area contributed by atoms with Crippen LogP contribution in [-0.2, 0) is 0 Å². The second kappa shape index (κ2) is 6.38. The summed E-state index contributed by atoms with van der Waals surface area (Å²) in [6, 6.07) is 14.5. The average molecular weight is 244 g/mol. The molecule has 1 atom stereocenters. The van der Waals surface area contributed by atoms with Crippen LogP contribution in [0.1, 0.15) is 17.4 Å². The van der Waals surface area contributed by atoms with E-state index in [1.165, 1.54) is 5.56 Å². The molecule has 3 nitrogen and oxygen atoms in total. The van der Waals surface area contributed by atoms with Gasteiger partial charge < -0.3 is 14.6 Å². The second-order valence-electron chi connectivity index (χ2n) is 4.62. The molecule has 0 amide bonds. The molecular formula is C15H20N2O. The number of likely N-dealkylation sites (N-methyl/N-ethyl adjacent to an activating group) is 1. The Bertz CT molecular complexity index is 437. The Balaban J connectivity index is 2.09. The fraction of sp³-hybridized carbons (Fsp3) is 0.333. The van der Waals surface area contributed by atoms with Crippen LogP contribution in [0.15, 0.2) is 53.1 Å². The zero-order valence-corrected chi connectivity index (χ0v) is 11.0. The third-order valence-corrected chi connectivity index (χ3v) is 2.87. The molecule has 0 aliphatic rings. The van der Waals surface area contributed by atoms with Gasteiger partial charge in [0, 0.05) is 13.1 Å². The number of benzene rings is 1. The highest BCUT2D eigenvalue weighted by Crippen LogP contribution is 2.21. The molecule has 3 heteroatoms. The zero-order chi connectivity index (χ0) is 12.8. The molecule has 0 saturated carbocycles. The molecule has 0 aliphatic carbocycles. The van der Waals surface area contributed by atoms with Crippen LogP contribution < -0.4 is 5.32 Å². The van der Waals surface area contributed by atoms with Crippen LogP contribution in [0.3, 0.4) is 0 Å².